The number of hydrogen-bond acceptors (Lipinski definition) is 4. The van der Waals surface area contributed by atoms with Crippen molar-refractivity contribution in [2.24, 2.45) is 5.92 Å². The summed E-state index contributed by atoms with van der Waals surface area (Å²) in [4.78, 5) is 12.7. The number of aryl methyl sites for hydroxylation is 1. The van der Waals surface area contributed by atoms with Gasteiger partial charge in [0.15, 0.2) is 0 Å². The van der Waals surface area contributed by atoms with Gasteiger partial charge in [-0.05, 0) is 75.2 Å². The lowest BCUT2D eigenvalue weighted by Crippen LogP contribution is -2.36. The number of carbonyl (C=O) groups excluding carboxylic acids is 1. The van der Waals surface area contributed by atoms with E-state index in [-0.39, 0.29) is 29.6 Å². The Morgan fingerprint density at radius 3 is 2.72 bits per heavy atom. The first-order valence-corrected chi connectivity index (χ1v) is 12.0. The van der Waals surface area contributed by atoms with Gasteiger partial charge in [-0.3, -0.25) is 9.48 Å². The van der Waals surface area contributed by atoms with Crippen molar-refractivity contribution in [3.63, 3.8) is 0 Å². The lowest BCUT2D eigenvalue weighted by Gasteiger charge is -2.22. The molecule has 2 N–H and O–H groups in total. The molecule has 1 amide bonds. The minimum atomic E-state index is -0.709. The molecule has 0 aliphatic carbocycles. The number of carbonyl (C=O) groups is 1. The summed E-state index contributed by atoms with van der Waals surface area (Å²) in [6.07, 6.45) is 2.09. The van der Waals surface area contributed by atoms with Crippen molar-refractivity contribution >= 4 is 40.9 Å². The van der Waals surface area contributed by atoms with Gasteiger partial charge in [-0.2, -0.15) is 5.10 Å². The summed E-state index contributed by atoms with van der Waals surface area (Å²) < 4.78 is 35.4. The zero-order valence-corrected chi connectivity index (χ0v) is 21.2. The number of aromatic nitrogens is 2. The number of rotatable bonds is 6. The fraction of sp³-hybridized carbons (Fsp3) is 0.308. The number of hydrogen-bond donors (Lipinski definition) is 2. The van der Waals surface area contributed by atoms with Crippen LogP contribution >= 0.6 is 24.0 Å². The lowest BCUT2D eigenvalue weighted by molar-refractivity contribution is 0.0938. The summed E-state index contributed by atoms with van der Waals surface area (Å²) in [5.74, 6) is -0.817. The molecule has 0 radical (unpaired) electrons. The van der Waals surface area contributed by atoms with E-state index in [2.05, 4.69) is 15.7 Å². The van der Waals surface area contributed by atoms with E-state index in [9.17, 15) is 13.6 Å². The molecule has 1 saturated heterocycles. The second-order valence-corrected chi connectivity index (χ2v) is 9.39. The molecule has 1 fully saturated rings. The molecule has 10 heteroatoms. The van der Waals surface area contributed by atoms with Gasteiger partial charge in [0.2, 0.25) is 0 Å². The predicted molar refractivity (Wildman–Crippen MR) is 138 cm³/mol. The van der Waals surface area contributed by atoms with Crippen molar-refractivity contribution in [2.45, 2.75) is 26.3 Å². The van der Waals surface area contributed by atoms with Crippen LogP contribution in [0.5, 0.6) is 0 Å². The molecule has 0 saturated carbocycles. The quantitative estimate of drug-likeness (QED) is 0.331. The fourth-order valence-corrected chi connectivity index (χ4v) is 4.73. The van der Waals surface area contributed by atoms with E-state index in [1.807, 2.05) is 6.92 Å². The number of halogens is 4. The molecule has 0 unspecified atom stereocenters. The van der Waals surface area contributed by atoms with Crippen LogP contribution in [-0.2, 0) is 6.54 Å². The Hall–Kier alpha value is -2.94. The van der Waals surface area contributed by atoms with Crippen molar-refractivity contribution < 1.29 is 18.0 Å². The van der Waals surface area contributed by atoms with Gasteiger partial charge in [0.05, 0.1) is 12.1 Å². The van der Waals surface area contributed by atoms with Crippen LogP contribution in [0.2, 0.25) is 5.02 Å². The Morgan fingerprint density at radius 2 is 1.97 bits per heavy atom. The van der Waals surface area contributed by atoms with Crippen molar-refractivity contribution in [1.82, 2.24) is 20.4 Å². The van der Waals surface area contributed by atoms with E-state index in [0.29, 0.717) is 40.7 Å². The molecule has 4 aromatic rings. The Labute approximate surface area is 218 Å². The SMILES string of the molecule is Cc1cc(C(=O)NCC2CCNCC2)nn1Cc1cc(Cl)cc2cc(-c3ccc(F)cc3F)oc12.Cl. The van der Waals surface area contributed by atoms with Crippen LogP contribution < -0.4 is 10.6 Å². The molecule has 190 valence electrons. The maximum Gasteiger partial charge on any atom is 0.271 e. The highest BCUT2D eigenvalue weighted by molar-refractivity contribution is 6.31. The Morgan fingerprint density at radius 1 is 1.19 bits per heavy atom. The number of nitrogens with zero attached hydrogens (tertiary/aromatic N) is 2. The second-order valence-electron chi connectivity index (χ2n) is 8.95. The molecule has 1 aliphatic rings. The van der Waals surface area contributed by atoms with E-state index in [1.165, 1.54) is 12.1 Å². The number of amides is 1. The summed E-state index contributed by atoms with van der Waals surface area (Å²) in [6, 6.07) is 10.3. The Kier molecular flexibility index (Phi) is 7.97. The minimum absolute atomic E-state index is 0. The molecule has 3 heterocycles. The third-order valence-corrected chi connectivity index (χ3v) is 6.62. The van der Waals surface area contributed by atoms with Crippen LogP contribution in [0.1, 0.15) is 34.6 Å². The van der Waals surface area contributed by atoms with E-state index < -0.39 is 11.6 Å². The molecule has 5 rings (SSSR count). The van der Waals surface area contributed by atoms with Gasteiger partial charge < -0.3 is 15.1 Å². The van der Waals surface area contributed by atoms with E-state index in [1.54, 1.807) is 28.9 Å². The number of nitrogens with one attached hydrogen (secondary N) is 2. The van der Waals surface area contributed by atoms with E-state index in [0.717, 1.165) is 43.3 Å². The number of piperidine rings is 1. The summed E-state index contributed by atoms with van der Waals surface area (Å²) in [5, 5.41) is 12.0. The van der Waals surface area contributed by atoms with Gasteiger partial charge in [-0.1, -0.05) is 11.6 Å². The van der Waals surface area contributed by atoms with E-state index >= 15 is 0 Å². The average Bonchev–Trinajstić information content (AvgIpc) is 3.41. The molecule has 1 aliphatic heterocycles. The summed E-state index contributed by atoms with van der Waals surface area (Å²) in [7, 11) is 0. The first-order chi connectivity index (χ1) is 16.9. The fourth-order valence-electron chi connectivity index (χ4n) is 4.48. The van der Waals surface area contributed by atoms with E-state index in [4.69, 9.17) is 16.0 Å². The molecule has 6 nitrogen and oxygen atoms in total. The molecule has 0 spiro atoms. The van der Waals surface area contributed by atoms with Crippen molar-refractivity contribution in [2.75, 3.05) is 19.6 Å². The van der Waals surface area contributed by atoms with Crippen molar-refractivity contribution in [3.8, 4) is 11.3 Å². The standard InChI is InChI=1S/C26H25ClF2N4O2.ClH/c1-15-8-23(26(34)31-13-16-4-6-30-7-5-16)32-33(15)14-18-10-19(27)9-17-11-24(35-25(17)18)21-3-2-20(28)12-22(21)29;/h2-3,8-12,16,30H,4-7,13-14H2,1H3,(H,31,34);1H. The highest BCUT2D eigenvalue weighted by Gasteiger charge is 2.19. The number of furan rings is 1. The van der Waals surface area contributed by atoms with Crippen LogP contribution in [0, 0.1) is 24.5 Å². The minimum Gasteiger partial charge on any atom is -0.456 e. The summed E-state index contributed by atoms with van der Waals surface area (Å²) >= 11 is 6.34. The zero-order valence-electron chi connectivity index (χ0n) is 19.6. The van der Waals surface area contributed by atoms with Gasteiger partial charge in [0.1, 0.15) is 28.7 Å². The second kappa shape index (κ2) is 11.0. The third kappa shape index (κ3) is 5.56. The molecule has 0 bridgehead atoms. The molecule has 36 heavy (non-hydrogen) atoms. The molecular formula is C26H26Cl2F2N4O2. The van der Waals surface area contributed by atoms with Crippen LogP contribution in [0.4, 0.5) is 8.78 Å². The highest BCUT2D eigenvalue weighted by atomic mass is 35.5. The van der Waals surface area contributed by atoms with Gasteiger partial charge in [0.25, 0.3) is 5.91 Å². The smallest absolute Gasteiger partial charge is 0.271 e. The first-order valence-electron chi connectivity index (χ1n) is 11.6. The van der Waals surface area contributed by atoms with Crippen molar-refractivity contribution in [1.29, 1.82) is 0 Å². The monoisotopic (exact) mass is 534 g/mol. The lowest BCUT2D eigenvalue weighted by atomic mass is 9.98. The largest absolute Gasteiger partial charge is 0.456 e. The van der Waals surface area contributed by atoms with Gasteiger partial charge >= 0.3 is 0 Å². The van der Waals surface area contributed by atoms with Crippen LogP contribution in [-0.4, -0.2) is 35.3 Å². The van der Waals surface area contributed by atoms with Crippen LogP contribution in [0.25, 0.3) is 22.3 Å². The maximum atomic E-state index is 14.3. The third-order valence-electron chi connectivity index (χ3n) is 6.40. The highest BCUT2D eigenvalue weighted by Crippen LogP contribution is 2.34. The Balaban J connectivity index is 0.00000304. The first kappa shape index (κ1) is 26.1. The molecule has 2 aromatic heterocycles. The van der Waals surface area contributed by atoms with Gasteiger partial charge in [-0.25, -0.2) is 8.78 Å². The normalized spacial score (nSPS) is 14.1. The van der Waals surface area contributed by atoms with Crippen molar-refractivity contribution in [3.05, 3.63) is 76.1 Å². The average molecular weight is 535 g/mol. The zero-order chi connectivity index (χ0) is 24.5. The van der Waals surface area contributed by atoms with Gasteiger partial charge in [-0.15, -0.1) is 12.4 Å². The number of fused-ring (bicyclic) bond motifs is 1. The summed E-state index contributed by atoms with van der Waals surface area (Å²) in [6.45, 7) is 4.77. The molecule has 2 aromatic carbocycles. The molecule has 0 atom stereocenters. The number of benzene rings is 2. The van der Waals surface area contributed by atoms with Crippen LogP contribution in [0.15, 0.2) is 46.9 Å². The Bertz CT molecular complexity index is 1400. The topological polar surface area (TPSA) is 72.1 Å². The maximum absolute atomic E-state index is 14.3. The van der Waals surface area contributed by atoms with Gasteiger partial charge in [0, 0.05) is 34.3 Å². The summed E-state index contributed by atoms with van der Waals surface area (Å²) in [5.41, 5.74) is 2.58. The predicted octanol–water partition coefficient (Wildman–Crippen LogP) is 5.74. The molecular weight excluding hydrogens is 509 g/mol. The van der Waals surface area contributed by atoms with Crippen LogP contribution in [0.3, 0.4) is 0 Å².